The minimum atomic E-state index is -0.368. The van der Waals surface area contributed by atoms with Gasteiger partial charge >= 0.3 is 0 Å². The number of nitrogens with one attached hydrogen (secondary N) is 3. The summed E-state index contributed by atoms with van der Waals surface area (Å²) in [6.45, 7) is 3.78. The van der Waals surface area contributed by atoms with Gasteiger partial charge in [0.1, 0.15) is 0 Å². The molecule has 0 fully saturated rings. The molecular formula is C13H16ClN3O. The van der Waals surface area contributed by atoms with Crippen molar-refractivity contribution >= 4 is 29.5 Å². The first-order valence-electron chi connectivity index (χ1n) is 5.57. The Morgan fingerprint density at radius 3 is 2.67 bits per heavy atom. The Bertz CT molecular complexity index is 469. The van der Waals surface area contributed by atoms with Crippen LogP contribution in [-0.2, 0) is 4.79 Å². The number of halogens is 1. The zero-order valence-electron chi connectivity index (χ0n) is 10.3. The molecule has 0 unspecified atom stereocenters. The smallest absolute Gasteiger partial charge is 0.250 e. The summed E-state index contributed by atoms with van der Waals surface area (Å²) in [7, 11) is 0. The second kappa shape index (κ2) is 6.81. The van der Waals surface area contributed by atoms with Crippen LogP contribution >= 0.6 is 11.6 Å². The van der Waals surface area contributed by atoms with Gasteiger partial charge in [-0.25, -0.2) is 0 Å². The lowest BCUT2D eigenvalue weighted by atomic mass is 10.2. The standard InChI is InChI=1S/C13H16ClN3O/c1-9(2)16-13(15)17-12(18)8-7-10-5-3-4-6-11(10)14/h3-9H,1-2H3,(H3,15,16,17,18)/b8-7+. The van der Waals surface area contributed by atoms with Crippen molar-refractivity contribution in [2.45, 2.75) is 19.9 Å². The Kier molecular flexibility index (Phi) is 5.39. The van der Waals surface area contributed by atoms with E-state index in [0.29, 0.717) is 5.02 Å². The van der Waals surface area contributed by atoms with Crippen LogP contribution in [0, 0.1) is 5.41 Å². The van der Waals surface area contributed by atoms with E-state index in [1.807, 2.05) is 32.0 Å². The first-order chi connectivity index (χ1) is 8.49. The van der Waals surface area contributed by atoms with Crippen molar-refractivity contribution in [2.75, 3.05) is 0 Å². The molecule has 4 nitrogen and oxygen atoms in total. The van der Waals surface area contributed by atoms with Crippen LogP contribution in [0.15, 0.2) is 30.3 Å². The Balaban J connectivity index is 2.55. The molecule has 0 bridgehead atoms. The zero-order chi connectivity index (χ0) is 13.5. The Labute approximate surface area is 112 Å². The number of hydrogen-bond acceptors (Lipinski definition) is 2. The monoisotopic (exact) mass is 265 g/mol. The number of amides is 1. The van der Waals surface area contributed by atoms with Crippen molar-refractivity contribution in [3.05, 3.63) is 40.9 Å². The van der Waals surface area contributed by atoms with Crippen molar-refractivity contribution in [3.63, 3.8) is 0 Å². The van der Waals surface area contributed by atoms with E-state index in [1.54, 1.807) is 12.1 Å². The number of hydrogen-bond donors (Lipinski definition) is 3. The van der Waals surface area contributed by atoms with E-state index in [9.17, 15) is 4.79 Å². The first-order valence-corrected chi connectivity index (χ1v) is 5.95. The van der Waals surface area contributed by atoms with Gasteiger partial charge in [-0.1, -0.05) is 29.8 Å². The van der Waals surface area contributed by atoms with E-state index in [1.165, 1.54) is 6.08 Å². The highest BCUT2D eigenvalue weighted by molar-refractivity contribution is 6.32. The second-order valence-corrected chi connectivity index (χ2v) is 4.43. The predicted molar refractivity (Wildman–Crippen MR) is 74.6 cm³/mol. The predicted octanol–water partition coefficient (Wildman–Crippen LogP) is 2.40. The fourth-order valence-electron chi connectivity index (χ4n) is 1.27. The minimum absolute atomic E-state index is 0.0150. The van der Waals surface area contributed by atoms with E-state index in [4.69, 9.17) is 17.0 Å². The van der Waals surface area contributed by atoms with Crippen molar-refractivity contribution in [3.8, 4) is 0 Å². The van der Waals surface area contributed by atoms with Crippen LogP contribution in [0.3, 0.4) is 0 Å². The molecule has 0 saturated carbocycles. The molecule has 1 rings (SSSR count). The topological polar surface area (TPSA) is 65.0 Å². The fraction of sp³-hybridized carbons (Fsp3) is 0.231. The first kappa shape index (κ1) is 14.3. The molecule has 5 heteroatoms. The highest BCUT2D eigenvalue weighted by atomic mass is 35.5. The van der Waals surface area contributed by atoms with Gasteiger partial charge in [0.25, 0.3) is 5.91 Å². The van der Waals surface area contributed by atoms with Crippen LogP contribution < -0.4 is 10.6 Å². The maximum atomic E-state index is 11.5. The van der Waals surface area contributed by atoms with E-state index in [2.05, 4.69) is 10.6 Å². The lowest BCUT2D eigenvalue weighted by molar-refractivity contribution is -0.115. The minimum Gasteiger partial charge on any atom is -0.354 e. The molecule has 0 radical (unpaired) electrons. The molecule has 0 heterocycles. The summed E-state index contributed by atoms with van der Waals surface area (Å²) in [5, 5.41) is 13.2. The Morgan fingerprint density at radius 2 is 2.06 bits per heavy atom. The largest absolute Gasteiger partial charge is 0.354 e. The highest BCUT2D eigenvalue weighted by Gasteiger charge is 2.02. The summed E-state index contributed by atoms with van der Waals surface area (Å²) in [6, 6.07) is 7.32. The van der Waals surface area contributed by atoms with Gasteiger partial charge in [-0.2, -0.15) is 0 Å². The quantitative estimate of drug-likeness (QED) is 0.446. The maximum Gasteiger partial charge on any atom is 0.250 e. The van der Waals surface area contributed by atoms with Gasteiger partial charge in [0, 0.05) is 17.1 Å². The van der Waals surface area contributed by atoms with Gasteiger partial charge < -0.3 is 5.32 Å². The van der Waals surface area contributed by atoms with E-state index in [-0.39, 0.29) is 17.9 Å². The summed E-state index contributed by atoms with van der Waals surface area (Å²) in [4.78, 5) is 11.5. The number of carbonyl (C=O) groups is 1. The van der Waals surface area contributed by atoms with Crippen molar-refractivity contribution in [2.24, 2.45) is 0 Å². The van der Waals surface area contributed by atoms with Gasteiger partial charge in [0.2, 0.25) is 0 Å². The molecule has 0 aliphatic rings. The Morgan fingerprint density at radius 1 is 1.39 bits per heavy atom. The van der Waals surface area contributed by atoms with E-state index in [0.717, 1.165) is 5.56 Å². The molecule has 18 heavy (non-hydrogen) atoms. The molecule has 0 atom stereocenters. The molecule has 96 valence electrons. The van der Waals surface area contributed by atoms with Crippen LogP contribution in [0.5, 0.6) is 0 Å². The van der Waals surface area contributed by atoms with Crippen LogP contribution in [0.25, 0.3) is 6.08 Å². The normalized spacial score (nSPS) is 10.7. The van der Waals surface area contributed by atoms with Crippen molar-refractivity contribution < 1.29 is 4.79 Å². The van der Waals surface area contributed by atoms with Gasteiger partial charge in [-0.15, -0.1) is 0 Å². The Hall–Kier alpha value is -1.81. The average Bonchev–Trinajstić information content (AvgIpc) is 2.26. The molecule has 1 aromatic carbocycles. The van der Waals surface area contributed by atoms with Crippen molar-refractivity contribution in [1.82, 2.24) is 10.6 Å². The molecule has 0 saturated heterocycles. The SMILES string of the molecule is CC(C)NC(=N)NC(=O)/C=C/c1ccccc1Cl. The molecular weight excluding hydrogens is 250 g/mol. The summed E-state index contributed by atoms with van der Waals surface area (Å²) in [5.41, 5.74) is 0.762. The zero-order valence-corrected chi connectivity index (χ0v) is 11.1. The molecule has 1 amide bonds. The molecule has 1 aromatic rings. The fourth-order valence-corrected chi connectivity index (χ4v) is 1.46. The summed E-state index contributed by atoms with van der Waals surface area (Å²) in [5.74, 6) is -0.383. The number of benzene rings is 1. The molecule has 0 aliphatic carbocycles. The maximum absolute atomic E-state index is 11.5. The molecule has 3 N–H and O–H groups in total. The molecule has 0 aromatic heterocycles. The summed E-state index contributed by atoms with van der Waals surface area (Å²) in [6.07, 6.45) is 2.96. The molecule has 0 aliphatic heterocycles. The molecule has 0 spiro atoms. The second-order valence-electron chi connectivity index (χ2n) is 4.02. The van der Waals surface area contributed by atoms with Crippen LogP contribution in [0.1, 0.15) is 19.4 Å². The average molecular weight is 266 g/mol. The van der Waals surface area contributed by atoms with Gasteiger partial charge in [0.05, 0.1) is 0 Å². The third kappa shape index (κ3) is 5.01. The summed E-state index contributed by atoms with van der Waals surface area (Å²) >= 11 is 5.94. The van der Waals surface area contributed by atoms with Crippen molar-refractivity contribution in [1.29, 1.82) is 5.41 Å². The van der Waals surface area contributed by atoms with Gasteiger partial charge in [-0.05, 0) is 31.6 Å². The van der Waals surface area contributed by atoms with Gasteiger partial charge in [0.15, 0.2) is 5.96 Å². The lowest BCUT2D eigenvalue weighted by Gasteiger charge is -2.10. The third-order valence-corrected chi connectivity index (χ3v) is 2.34. The third-order valence-electron chi connectivity index (χ3n) is 2.00. The number of rotatable bonds is 3. The summed E-state index contributed by atoms with van der Waals surface area (Å²) < 4.78 is 0. The van der Waals surface area contributed by atoms with Crippen LogP contribution in [-0.4, -0.2) is 17.9 Å². The number of carbonyl (C=O) groups excluding carboxylic acids is 1. The number of guanidine groups is 1. The van der Waals surface area contributed by atoms with Crippen LogP contribution in [0.4, 0.5) is 0 Å². The van der Waals surface area contributed by atoms with Crippen LogP contribution in [0.2, 0.25) is 5.02 Å². The van der Waals surface area contributed by atoms with E-state index >= 15 is 0 Å². The van der Waals surface area contributed by atoms with Gasteiger partial charge in [-0.3, -0.25) is 15.5 Å². The lowest BCUT2D eigenvalue weighted by Crippen LogP contribution is -2.42. The highest BCUT2D eigenvalue weighted by Crippen LogP contribution is 2.15. The van der Waals surface area contributed by atoms with E-state index < -0.39 is 0 Å².